The Labute approximate surface area is 94.1 Å². The zero-order valence-corrected chi connectivity index (χ0v) is 10.1. The number of hydrogen-bond acceptors (Lipinski definition) is 4. The molecule has 0 spiro atoms. The van der Waals surface area contributed by atoms with Crippen LogP contribution in [-0.4, -0.2) is 28.4 Å². The molecule has 0 aromatic carbocycles. The largest absolute Gasteiger partial charge is 0.330 e. The molecule has 0 bridgehead atoms. The SMILES string of the molecule is CC(C)N(C(=O)CN)C(C)c1nccs1. The standard InChI is InChI=1S/C10H17N3OS/c1-7(2)13(9(14)6-11)8(3)10-12-4-5-15-10/h4-5,7-8H,6,11H2,1-3H3. The molecule has 1 aromatic rings. The lowest BCUT2D eigenvalue weighted by atomic mass is 10.2. The quantitative estimate of drug-likeness (QED) is 0.846. The highest BCUT2D eigenvalue weighted by Crippen LogP contribution is 2.23. The second-order valence-corrected chi connectivity index (χ2v) is 4.57. The lowest BCUT2D eigenvalue weighted by molar-refractivity contribution is -0.133. The second kappa shape index (κ2) is 5.23. The lowest BCUT2D eigenvalue weighted by Gasteiger charge is -2.31. The van der Waals surface area contributed by atoms with Gasteiger partial charge in [-0.25, -0.2) is 4.98 Å². The maximum atomic E-state index is 11.7. The van der Waals surface area contributed by atoms with Crippen molar-refractivity contribution in [3.63, 3.8) is 0 Å². The van der Waals surface area contributed by atoms with Crippen LogP contribution in [0.25, 0.3) is 0 Å². The average molecular weight is 227 g/mol. The number of carbonyl (C=O) groups is 1. The maximum Gasteiger partial charge on any atom is 0.237 e. The van der Waals surface area contributed by atoms with Crippen LogP contribution in [0.1, 0.15) is 31.8 Å². The van der Waals surface area contributed by atoms with Gasteiger partial charge in [-0.1, -0.05) is 0 Å². The van der Waals surface area contributed by atoms with E-state index in [4.69, 9.17) is 5.73 Å². The topological polar surface area (TPSA) is 59.2 Å². The van der Waals surface area contributed by atoms with Crippen LogP contribution in [0, 0.1) is 0 Å². The number of carbonyl (C=O) groups excluding carboxylic acids is 1. The zero-order valence-electron chi connectivity index (χ0n) is 9.30. The molecule has 0 fully saturated rings. The maximum absolute atomic E-state index is 11.7. The first-order valence-electron chi connectivity index (χ1n) is 4.98. The molecule has 0 aliphatic rings. The van der Waals surface area contributed by atoms with Crippen molar-refractivity contribution in [2.75, 3.05) is 6.54 Å². The van der Waals surface area contributed by atoms with E-state index in [1.165, 1.54) is 0 Å². The first kappa shape index (κ1) is 12.1. The molecule has 1 rings (SSSR count). The molecule has 0 aliphatic carbocycles. The third kappa shape index (κ3) is 2.76. The van der Waals surface area contributed by atoms with Gasteiger partial charge in [0.2, 0.25) is 5.91 Å². The summed E-state index contributed by atoms with van der Waals surface area (Å²) in [6, 6.07) is 0.140. The van der Waals surface area contributed by atoms with Gasteiger partial charge in [0.1, 0.15) is 5.01 Å². The minimum atomic E-state index is -0.0345. The molecule has 1 heterocycles. The average Bonchev–Trinajstić information content (AvgIpc) is 2.69. The Morgan fingerprint density at radius 1 is 1.60 bits per heavy atom. The summed E-state index contributed by atoms with van der Waals surface area (Å²) in [4.78, 5) is 17.7. The summed E-state index contributed by atoms with van der Waals surface area (Å²) in [5, 5.41) is 2.86. The Morgan fingerprint density at radius 3 is 2.67 bits per heavy atom. The van der Waals surface area contributed by atoms with E-state index in [1.54, 1.807) is 22.4 Å². The van der Waals surface area contributed by atoms with Gasteiger partial charge in [-0.3, -0.25) is 4.79 Å². The molecule has 1 unspecified atom stereocenters. The molecule has 5 heteroatoms. The van der Waals surface area contributed by atoms with Gasteiger partial charge in [0.25, 0.3) is 0 Å². The molecule has 0 saturated heterocycles. The van der Waals surface area contributed by atoms with Crippen molar-refractivity contribution in [2.45, 2.75) is 32.9 Å². The third-order valence-electron chi connectivity index (χ3n) is 2.25. The Hall–Kier alpha value is -0.940. The fourth-order valence-electron chi connectivity index (χ4n) is 1.62. The minimum absolute atomic E-state index is 0.000972. The number of amides is 1. The summed E-state index contributed by atoms with van der Waals surface area (Å²) < 4.78 is 0. The van der Waals surface area contributed by atoms with Crippen molar-refractivity contribution in [3.05, 3.63) is 16.6 Å². The molecule has 0 aliphatic heterocycles. The molecular weight excluding hydrogens is 210 g/mol. The summed E-state index contributed by atoms with van der Waals surface area (Å²) >= 11 is 1.56. The van der Waals surface area contributed by atoms with Crippen LogP contribution in [-0.2, 0) is 4.79 Å². The van der Waals surface area contributed by atoms with Crippen LogP contribution < -0.4 is 5.73 Å². The van der Waals surface area contributed by atoms with E-state index in [1.807, 2.05) is 26.2 Å². The molecular formula is C10H17N3OS. The van der Waals surface area contributed by atoms with E-state index in [0.717, 1.165) is 5.01 Å². The Bertz CT molecular complexity index is 310. The second-order valence-electron chi connectivity index (χ2n) is 3.65. The van der Waals surface area contributed by atoms with Gasteiger partial charge in [0, 0.05) is 17.6 Å². The third-order valence-corrected chi connectivity index (χ3v) is 3.19. The molecule has 15 heavy (non-hydrogen) atoms. The smallest absolute Gasteiger partial charge is 0.237 e. The molecule has 0 radical (unpaired) electrons. The highest BCUT2D eigenvalue weighted by Gasteiger charge is 2.24. The van der Waals surface area contributed by atoms with E-state index < -0.39 is 0 Å². The van der Waals surface area contributed by atoms with Crippen LogP contribution in [0.15, 0.2) is 11.6 Å². The van der Waals surface area contributed by atoms with Crippen LogP contribution in [0.5, 0.6) is 0 Å². The number of rotatable bonds is 4. The van der Waals surface area contributed by atoms with E-state index in [2.05, 4.69) is 4.98 Å². The fraction of sp³-hybridized carbons (Fsp3) is 0.600. The molecule has 1 amide bonds. The molecule has 84 valence electrons. The predicted octanol–water partition coefficient (Wildman–Crippen LogP) is 1.40. The summed E-state index contributed by atoms with van der Waals surface area (Å²) in [6.07, 6.45) is 1.75. The highest BCUT2D eigenvalue weighted by molar-refractivity contribution is 7.09. The van der Waals surface area contributed by atoms with E-state index in [9.17, 15) is 4.79 Å². The van der Waals surface area contributed by atoms with Gasteiger partial charge in [-0.2, -0.15) is 0 Å². The van der Waals surface area contributed by atoms with Crippen molar-refractivity contribution in [2.24, 2.45) is 5.73 Å². The zero-order chi connectivity index (χ0) is 11.4. The number of nitrogens with zero attached hydrogens (tertiary/aromatic N) is 2. The van der Waals surface area contributed by atoms with Crippen molar-refractivity contribution in [3.8, 4) is 0 Å². The van der Waals surface area contributed by atoms with Crippen molar-refractivity contribution >= 4 is 17.2 Å². The molecule has 2 N–H and O–H groups in total. The first-order valence-corrected chi connectivity index (χ1v) is 5.86. The molecule has 0 saturated carbocycles. The number of hydrogen-bond donors (Lipinski definition) is 1. The van der Waals surface area contributed by atoms with Crippen LogP contribution in [0.3, 0.4) is 0 Å². The van der Waals surface area contributed by atoms with Crippen molar-refractivity contribution < 1.29 is 4.79 Å². The van der Waals surface area contributed by atoms with Gasteiger partial charge >= 0.3 is 0 Å². The minimum Gasteiger partial charge on any atom is -0.330 e. The molecule has 1 atom stereocenters. The molecule has 4 nitrogen and oxygen atoms in total. The summed E-state index contributed by atoms with van der Waals surface area (Å²) in [5.74, 6) is -0.0345. The predicted molar refractivity (Wildman–Crippen MR) is 61.6 cm³/mol. The first-order chi connectivity index (χ1) is 7.07. The Kier molecular flexibility index (Phi) is 4.23. The summed E-state index contributed by atoms with van der Waals surface area (Å²) in [5.41, 5.74) is 5.39. The Balaban J connectivity index is 2.85. The lowest BCUT2D eigenvalue weighted by Crippen LogP contribution is -2.42. The van der Waals surface area contributed by atoms with Crippen LogP contribution in [0.2, 0.25) is 0 Å². The highest BCUT2D eigenvalue weighted by atomic mass is 32.1. The number of nitrogens with two attached hydrogens (primary N) is 1. The van der Waals surface area contributed by atoms with Crippen molar-refractivity contribution in [1.82, 2.24) is 9.88 Å². The fourth-order valence-corrected chi connectivity index (χ4v) is 2.31. The van der Waals surface area contributed by atoms with Gasteiger partial charge in [-0.15, -0.1) is 11.3 Å². The van der Waals surface area contributed by atoms with Crippen molar-refractivity contribution in [1.29, 1.82) is 0 Å². The summed E-state index contributed by atoms with van der Waals surface area (Å²) in [7, 11) is 0. The van der Waals surface area contributed by atoms with Crippen LogP contribution in [0.4, 0.5) is 0 Å². The van der Waals surface area contributed by atoms with Gasteiger partial charge in [0.15, 0.2) is 0 Å². The normalized spacial score (nSPS) is 12.9. The number of thiazole rings is 1. The monoisotopic (exact) mass is 227 g/mol. The van der Waals surface area contributed by atoms with Gasteiger partial charge < -0.3 is 10.6 Å². The van der Waals surface area contributed by atoms with E-state index in [-0.39, 0.29) is 24.5 Å². The van der Waals surface area contributed by atoms with Gasteiger partial charge in [-0.05, 0) is 20.8 Å². The van der Waals surface area contributed by atoms with E-state index in [0.29, 0.717) is 0 Å². The number of aromatic nitrogens is 1. The van der Waals surface area contributed by atoms with E-state index >= 15 is 0 Å². The Morgan fingerprint density at radius 2 is 2.27 bits per heavy atom. The van der Waals surface area contributed by atoms with Gasteiger partial charge in [0.05, 0.1) is 12.6 Å². The molecule has 1 aromatic heterocycles. The van der Waals surface area contributed by atoms with Crippen LogP contribution >= 0.6 is 11.3 Å². The summed E-state index contributed by atoms with van der Waals surface area (Å²) in [6.45, 7) is 6.00.